The zero-order valence-corrected chi connectivity index (χ0v) is 18.0. The predicted molar refractivity (Wildman–Crippen MR) is 116 cm³/mol. The van der Waals surface area contributed by atoms with Crippen molar-refractivity contribution in [2.75, 3.05) is 13.1 Å². The lowest BCUT2D eigenvalue weighted by atomic mass is 9.93. The van der Waals surface area contributed by atoms with E-state index in [1.54, 1.807) is 18.3 Å². The number of carbonyl (C=O) groups excluding carboxylic acids is 2. The zero-order chi connectivity index (χ0) is 21.3. The number of amides is 2. The normalized spacial score (nSPS) is 20.4. The minimum absolute atomic E-state index is 0.0486. The van der Waals surface area contributed by atoms with Gasteiger partial charge in [-0.15, -0.1) is 11.3 Å². The Morgan fingerprint density at radius 3 is 2.71 bits per heavy atom. The van der Waals surface area contributed by atoms with Crippen molar-refractivity contribution < 1.29 is 14.1 Å². The highest BCUT2D eigenvalue weighted by atomic mass is 32.1. The molecule has 1 saturated heterocycles. The number of aromatic nitrogens is 2. The first-order valence-electron chi connectivity index (χ1n) is 10.2. The molecule has 0 radical (unpaired) electrons. The molecule has 0 bridgehead atoms. The van der Waals surface area contributed by atoms with Gasteiger partial charge in [-0.1, -0.05) is 35.0 Å². The molecule has 4 aromatic rings. The molecule has 7 nitrogen and oxygen atoms in total. The van der Waals surface area contributed by atoms with E-state index in [9.17, 15) is 9.59 Å². The van der Waals surface area contributed by atoms with Gasteiger partial charge in [-0.25, -0.2) is 0 Å². The van der Waals surface area contributed by atoms with E-state index in [0.29, 0.717) is 36.6 Å². The van der Waals surface area contributed by atoms with E-state index in [2.05, 4.69) is 9.72 Å². The summed E-state index contributed by atoms with van der Waals surface area (Å²) < 4.78 is 7.12. The number of thiophene rings is 1. The average Bonchev–Trinajstić information content (AvgIpc) is 3.52. The quantitative estimate of drug-likeness (QED) is 0.483. The summed E-state index contributed by atoms with van der Waals surface area (Å²) >= 11 is 1.61. The third-order valence-corrected chi connectivity index (χ3v) is 7.48. The first-order valence-corrected chi connectivity index (χ1v) is 11.1. The Morgan fingerprint density at radius 1 is 1.16 bits per heavy atom. The largest absolute Gasteiger partial charge is 0.364 e. The molecule has 31 heavy (non-hydrogen) atoms. The van der Waals surface area contributed by atoms with E-state index in [-0.39, 0.29) is 11.8 Å². The average molecular weight is 433 g/mol. The van der Waals surface area contributed by atoms with Crippen molar-refractivity contribution in [2.24, 2.45) is 0 Å². The van der Waals surface area contributed by atoms with E-state index in [1.807, 2.05) is 58.5 Å². The molecule has 3 aromatic heterocycles. The maximum atomic E-state index is 13.7. The van der Waals surface area contributed by atoms with Crippen LogP contribution in [0.5, 0.6) is 0 Å². The molecule has 156 valence electrons. The maximum Gasteiger partial charge on any atom is 0.272 e. The maximum absolute atomic E-state index is 13.7. The highest BCUT2D eigenvalue weighted by molar-refractivity contribution is 7.16. The SMILES string of the molecule is Cc1ccc(C23Cn4c(cc5ccsc54)C(=O)N2CCN3C(=O)c2conc2C)cc1. The number of aryl methyl sites for hydroxylation is 2. The summed E-state index contributed by atoms with van der Waals surface area (Å²) in [6.07, 6.45) is 1.40. The summed E-state index contributed by atoms with van der Waals surface area (Å²) in [4.78, 5) is 32.1. The number of hydrogen-bond acceptors (Lipinski definition) is 5. The Bertz CT molecular complexity index is 1350. The van der Waals surface area contributed by atoms with Crippen molar-refractivity contribution in [3.63, 3.8) is 0 Å². The number of hydrogen-bond donors (Lipinski definition) is 0. The third kappa shape index (κ3) is 2.36. The predicted octanol–water partition coefficient (Wildman–Crippen LogP) is 3.77. The molecule has 1 fully saturated rings. The van der Waals surface area contributed by atoms with E-state index in [0.717, 1.165) is 21.3 Å². The van der Waals surface area contributed by atoms with Gasteiger partial charge >= 0.3 is 0 Å². The topological polar surface area (TPSA) is 71.6 Å². The first-order chi connectivity index (χ1) is 15.0. The van der Waals surface area contributed by atoms with Crippen molar-refractivity contribution >= 4 is 33.4 Å². The number of fused-ring (bicyclic) bond motifs is 4. The van der Waals surface area contributed by atoms with Gasteiger partial charge in [0.05, 0.1) is 12.2 Å². The van der Waals surface area contributed by atoms with Crippen LogP contribution < -0.4 is 0 Å². The Morgan fingerprint density at radius 2 is 1.97 bits per heavy atom. The highest BCUT2D eigenvalue weighted by Gasteiger charge is 2.56. The van der Waals surface area contributed by atoms with E-state index >= 15 is 0 Å². The Kier molecular flexibility index (Phi) is 3.74. The van der Waals surface area contributed by atoms with Gasteiger partial charge in [0.1, 0.15) is 22.4 Å². The smallest absolute Gasteiger partial charge is 0.272 e. The van der Waals surface area contributed by atoms with Gasteiger partial charge in [-0.05, 0) is 36.9 Å². The molecule has 1 aromatic carbocycles. The van der Waals surface area contributed by atoms with Gasteiger partial charge in [0, 0.05) is 18.5 Å². The second kappa shape index (κ2) is 6.31. The summed E-state index contributed by atoms with van der Waals surface area (Å²) in [6, 6.07) is 12.1. The Labute approximate surface area is 182 Å². The van der Waals surface area contributed by atoms with Crippen LogP contribution in [-0.2, 0) is 12.2 Å². The first kappa shape index (κ1) is 18.4. The number of benzene rings is 1. The fourth-order valence-corrected chi connectivity index (χ4v) is 5.86. The summed E-state index contributed by atoms with van der Waals surface area (Å²) in [5.41, 5.74) is 2.80. The lowest BCUT2D eigenvalue weighted by molar-refractivity contribution is -0.00510. The molecule has 8 heteroatoms. The minimum Gasteiger partial charge on any atom is -0.364 e. The molecule has 2 aliphatic rings. The molecule has 5 heterocycles. The van der Waals surface area contributed by atoms with Gasteiger partial charge in [-0.2, -0.15) is 0 Å². The Hall–Kier alpha value is -3.39. The van der Waals surface area contributed by atoms with Crippen LogP contribution >= 0.6 is 11.3 Å². The molecule has 2 aliphatic heterocycles. The van der Waals surface area contributed by atoms with E-state index in [1.165, 1.54) is 6.26 Å². The van der Waals surface area contributed by atoms with Crippen LogP contribution in [0.4, 0.5) is 0 Å². The van der Waals surface area contributed by atoms with Crippen LogP contribution in [0, 0.1) is 13.8 Å². The highest BCUT2D eigenvalue weighted by Crippen LogP contribution is 2.45. The summed E-state index contributed by atoms with van der Waals surface area (Å²) in [6.45, 7) is 5.19. The van der Waals surface area contributed by atoms with Crippen LogP contribution in [0.2, 0.25) is 0 Å². The molecule has 0 aliphatic carbocycles. The van der Waals surface area contributed by atoms with Crippen molar-refractivity contribution in [1.82, 2.24) is 19.5 Å². The van der Waals surface area contributed by atoms with Crippen LogP contribution in [0.25, 0.3) is 10.2 Å². The number of carbonyl (C=O) groups is 2. The lowest BCUT2D eigenvalue weighted by Gasteiger charge is -2.47. The standard InChI is InChI=1S/C23H20N4O3S/c1-14-3-5-17(6-4-14)23-13-25-19(11-16-7-10-31-22(16)25)21(29)27(23)9-8-26(23)20(28)18-12-30-24-15(18)2/h3-7,10-12H,8-9,13H2,1-2H3. The molecule has 0 saturated carbocycles. The van der Waals surface area contributed by atoms with Crippen LogP contribution in [-0.4, -0.2) is 44.4 Å². The van der Waals surface area contributed by atoms with Crippen molar-refractivity contribution in [1.29, 1.82) is 0 Å². The van der Waals surface area contributed by atoms with Crippen LogP contribution in [0.3, 0.4) is 0 Å². The molecule has 0 spiro atoms. The molecule has 1 atom stereocenters. The van der Waals surface area contributed by atoms with Gasteiger partial charge in [0.15, 0.2) is 5.66 Å². The number of rotatable bonds is 2. The van der Waals surface area contributed by atoms with Crippen molar-refractivity contribution in [3.8, 4) is 0 Å². The molecule has 2 amide bonds. The van der Waals surface area contributed by atoms with Crippen molar-refractivity contribution in [3.05, 3.63) is 76.1 Å². The molecular formula is C23H20N4O3S. The van der Waals surface area contributed by atoms with Crippen LogP contribution in [0.1, 0.15) is 37.7 Å². The third-order valence-electron chi connectivity index (χ3n) is 6.52. The lowest BCUT2D eigenvalue weighted by Crippen LogP contribution is -2.60. The minimum atomic E-state index is -0.908. The summed E-state index contributed by atoms with van der Waals surface area (Å²) in [7, 11) is 0. The molecule has 1 unspecified atom stereocenters. The zero-order valence-electron chi connectivity index (χ0n) is 17.2. The van der Waals surface area contributed by atoms with E-state index < -0.39 is 5.66 Å². The monoisotopic (exact) mass is 432 g/mol. The fraction of sp³-hybridized carbons (Fsp3) is 0.261. The summed E-state index contributed by atoms with van der Waals surface area (Å²) in [5, 5.41) is 6.98. The number of nitrogens with zero attached hydrogens (tertiary/aromatic N) is 4. The second-order valence-corrected chi connectivity index (χ2v) is 9.10. The van der Waals surface area contributed by atoms with Crippen molar-refractivity contribution in [2.45, 2.75) is 26.1 Å². The molecular weight excluding hydrogens is 412 g/mol. The van der Waals surface area contributed by atoms with Gasteiger partial charge < -0.3 is 18.9 Å². The van der Waals surface area contributed by atoms with Gasteiger partial charge in [0.25, 0.3) is 11.8 Å². The van der Waals surface area contributed by atoms with Gasteiger partial charge in [0.2, 0.25) is 0 Å². The van der Waals surface area contributed by atoms with Gasteiger partial charge in [-0.3, -0.25) is 9.59 Å². The van der Waals surface area contributed by atoms with Crippen LogP contribution in [0.15, 0.2) is 52.6 Å². The Balaban J connectivity index is 1.59. The van der Waals surface area contributed by atoms with E-state index in [4.69, 9.17) is 4.52 Å². The second-order valence-electron chi connectivity index (χ2n) is 8.21. The fourth-order valence-electron chi connectivity index (χ4n) is 4.96. The summed E-state index contributed by atoms with van der Waals surface area (Å²) in [5.74, 6) is -0.222. The molecule has 0 N–H and O–H groups in total. The molecule has 6 rings (SSSR count).